The summed E-state index contributed by atoms with van der Waals surface area (Å²) < 4.78 is 0. The van der Waals surface area contributed by atoms with Crippen LogP contribution in [0.1, 0.15) is 21.5 Å². The van der Waals surface area contributed by atoms with Crippen molar-refractivity contribution in [1.82, 2.24) is 10.9 Å². The van der Waals surface area contributed by atoms with Crippen molar-refractivity contribution in [1.29, 1.82) is 0 Å². The van der Waals surface area contributed by atoms with E-state index in [1.54, 1.807) is 13.1 Å². The van der Waals surface area contributed by atoms with Gasteiger partial charge in [-0.15, -0.1) is 6.58 Å². The third-order valence-electron chi connectivity index (χ3n) is 2.34. The number of nitrogens with one attached hydrogen (secondary N) is 2. The smallest absolute Gasteiger partial charge is 0.249 e. The van der Waals surface area contributed by atoms with Gasteiger partial charge in [-0.3, -0.25) is 15.6 Å². The fourth-order valence-electron chi connectivity index (χ4n) is 1.60. The van der Waals surface area contributed by atoms with Gasteiger partial charge in [-0.1, -0.05) is 18.2 Å². The summed E-state index contributed by atoms with van der Waals surface area (Å²) in [7, 11) is 1.78. The molecule has 0 saturated heterocycles. The maximum Gasteiger partial charge on any atom is 0.249 e. The van der Waals surface area contributed by atoms with Crippen LogP contribution in [0, 0.1) is 0 Å². The van der Waals surface area contributed by atoms with Crippen LogP contribution >= 0.6 is 0 Å². The lowest BCUT2D eigenvalue weighted by Crippen LogP contribution is -2.29. The summed E-state index contributed by atoms with van der Waals surface area (Å²) in [6, 6.07) is 5.55. The number of hydrazine groups is 1. The molecule has 0 heterocycles. The van der Waals surface area contributed by atoms with Crippen molar-refractivity contribution in [2.45, 2.75) is 13.0 Å². The average molecular weight is 219 g/mol. The van der Waals surface area contributed by atoms with Crippen molar-refractivity contribution in [3.63, 3.8) is 0 Å². The Morgan fingerprint density at radius 3 is 2.88 bits per heavy atom. The summed E-state index contributed by atoms with van der Waals surface area (Å²) in [5, 5.41) is 0. The summed E-state index contributed by atoms with van der Waals surface area (Å²) in [5.74, 6) is -0.404. The van der Waals surface area contributed by atoms with Crippen LogP contribution in [0.3, 0.4) is 0 Å². The van der Waals surface area contributed by atoms with E-state index < -0.39 is 5.91 Å². The second kappa shape index (κ2) is 6.05. The molecule has 16 heavy (non-hydrogen) atoms. The molecule has 0 spiro atoms. The third-order valence-corrected chi connectivity index (χ3v) is 2.34. The monoisotopic (exact) mass is 219 g/mol. The highest BCUT2D eigenvalue weighted by molar-refractivity contribution is 5.94. The molecule has 1 rings (SSSR count). The summed E-state index contributed by atoms with van der Waals surface area (Å²) in [6.45, 7) is 4.25. The number of rotatable bonds is 6. The highest BCUT2D eigenvalue weighted by atomic mass is 16.1. The third kappa shape index (κ3) is 2.92. The minimum atomic E-state index is -0.404. The zero-order valence-corrected chi connectivity index (χ0v) is 9.42. The Hall–Kier alpha value is -1.65. The Labute approximate surface area is 95.5 Å². The number of carbonyl (C=O) groups excluding carboxylic acids is 1. The molecule has 0 fully saturated rings. The van der Waals surface area contributed by atoms with Crippen molar-refractivity contribution in [3.8, 4) is 0 Å². The lowest BCUT2D eigenvalue weighted by molar-refractivity contribution is 0.0999. The highest BCUT2D eigenvalue weighted by Gasteiger charge is 2.10. The SMILES string of the molecule is C=CCc1cccc(C(N)=O)c1CNNC. The quantitative estimate of drug-likeness (QED) is 0.488. The number of carbonyl (C=O) groups is 1. The molecule has 86 valence electrons. The standard InChI is InChI=1S/C12H17N3O/c1-3-5-9-6-4-7-10(12(13)16)11(9)8-15-14-2/h3-4,6-7,14-15H,1,5,8H2,2H3,(H2,13,16). The van der Waals surface area contributed by atoms with E-state index in [2.05, 4.69) is 17.4 Å². The van der Waals surface area contributed by atoms with E-state index >= 15 is 0 Å². The molecule has 0 unspecified atom stereocenters. The van der Waals surface area contributed by atoms with Crippen LogP contribution in [0.2, 0.25) is 0 Å². The van der Waals surface area contributed by atoms with Gasteiger partial charge < -0.3 is 5.73 Å². The summed E-state index contributed by atoms with van der Waals surface area (Å²) in [4.78, 5) is 11.3. The van der Waals surface area contributed by atoms with E-state index in [4.69, 9.17) is 5.73 Å². The molecule has 0 aromatic heterocycles. The number of nitrogens with two attached hydrogens (primary N) is 1. The van der Waals surface area contributed by atoms with Crippen molar-refractivity contribution in [2.75, 3.05) is 7.05 Å². The maximum absolute atomic E-state index is 11.3. The molecule has 4 nitrogen and oxygen atoms in total. The molecule has 0 aliphatic carbocycles. The van der Waals surface area contributed by atoms with Crippen molar-refractivity contribution in [2.24, 2.45) is 5.73 Å². The van der Waals surface area contributed by atoms with Gasteiger partial charge in [0.15, 0.2) is 0 Å². The van der Waals surface area contributed by atoms with E-state index in [0.29, 0.717) is 12.1 Å². The summed E-state index contributed by atoms with van der Waals surface area (Å²) >= 11 is 0. The predicted octanol–water partition coefficient (Wildman–Crippen LogP) is 0.738. The summed E-state index contributed by atoms with van der Waals surface area (Å²) in [5.41, 5.74) is 13.7. The first-order valence-corrected chi connectivity index (χ1v) is 5.11. The number of hydrogen-bond donors (Lipinski definition) is 3. The molecule has 1 amide bonds. The highest BCUT2D eigenvalue weighted by Crippen LogP contribution is 2.15. The summed E-state index contributed by atoms with van der Waals surface area (Å²) in [6.07, 6.45) is 2.53. The molecule has 0 atom stereocenters. The van der Waals surface area contributed by atoms with Crippen LogP contribution in [0.15, 0.2) is 30.9 Å². The Bertz CT molecular complexity index is 388. The molecule has 0 radical (unpaired) electrons. The van der Waals surface area contributed by atoms with Gasteiger partial charge in [0.05, 0.1) is 0 Å². The minimum absolute atomic E-state index is 0.404. The Morgan fingerprint density at radius 1 is 1.56 bits per heavy atom. The molecule has 1 aromatic carbocycles. The van der Waals surface area contributed by atoms with Crippen molar-refractivity contribution >= 4 is 5.91 Å². The fourth-order valence-corrected chi connectivity index (χ4v) is 1.60. The van der Waals surface area contributed by atoms with Crippen molar-refractivity contribution < 1.29 is 4.79 Å². The van der Waals surface area contributed by atoms with Gasteiger partial charge in [-0.2, -0.15) is 0 Å². The molecule has 0 bridgehead atoms. The zero-order chi connectivity index (χ0) is 12.0. The topological polar surface area (TPSA) is 67.2 Å². The first-order valence-electron chi connectivity index (χ1n) is 5.11. The lowest BCUT2D eigenvalue weighted by atomic mass is 9.98. The number of allylic oxidation sites excluding steroid dienone is 1. The molecule has 0 aliphatic heterocycles. The van der Waals surface area contributed by atoms with E-state index in [9.17, 15) is 4.79 Å². The number of amides is 1. The number of benzene rings is 1. The van der Waals surface area contributed by atoms with Crippen LogP contribution in [-0.2, 0) is 13.0 Å². The van der Waals surface area contributed by atoms with Gasteiger partial charge in [0.25, 0.3) is 0 Å². The van der Waals surface area contributed by atoms with Gasteiger partial charge in [0.1, 0.15) is 0 Å². The van der Waals surface area contributed by atoms with Crippen LogP contribution in [0.4, 0.5) is 0 Å². The molecule has 0 saturated carbocycles. The second-order valence-corrected chi connectivity index (χ2v) is 3.40. The molecule has 1 aromatic rings. The molecule has 4 N–H and O–H groups in total. The van der Waals surface area contributed by atoms with Gasteiger partial charge >= 0.3 is 0 Å². The van der Waals surface area contributed by atoms with Crippen LogP contribution < -0.4 is 16.6 Å². The van der Waals surface area contributed by atoms with E-state index in [0.717, 1.165) is 17.5 Å². The Morgan fingerprint density at radius 2 is 2.31 bits per heavy atom. The average Bonchev–Trinajstić information content (AvgIpc) is 2.27. The van der Waals surface area contributed by atoms with Crippen LogP contribution in [0.25, 0.3) is 0 Å². The molecular formula is C12H17N3O. The fraction of sp³-hybridized carbons (Fsp3) is 0.250. The van der Waals surface area contributed by atoms with E-state index in [1.165, 1.54) is 0 Å². The lowest BCUT2D eigenvalue weighted by Gasteiger charge is -2.12. The van der Waals surface area contributed by atoms with Gasteiger partial charge in [0.2, 0.25) is 5.91 Å². The van der Waals surface area contributed by atoms with Crippen LogP contribution in [-0.4, -0.2) is 13.0 Å². The van der Waals surface area contributed by atoms with Gasteiger partial charge in [-0.05, 0) is 30.7 Å². The first-order chi connectivity index (χ1) is 7.70. The van der Waals surface area contributed by atoms with E-state index in [-0.39, 0.29) is 0 Å². The van der Waals surface area contributed by atoms with Crippen molar-refractivity contribution in [3.05, 3.63) is 47.5 Å². The predicted molar refractivity (Wildman–Crippen MR) is 64.8 cm³/mol. The molecule has 0 aliphatic rings. The van der Waals surface area contributed by atoms with E-state index in [1.807, 2.05) is 18.2 Å². The van der Waals surface area contributed by atoms with Gasteiger partial charge in [-0.25, -0.2) is 0 Å². The maximum atomic E-state index is 11.3. The van der Waals surface area contributed by atoms with Gasteiger partial charge in [0, 0.05) is 12.1 Å². The molecule has 4 heteroatoms. The zero-order valence-electron chi connectivity index (χ0n) is 9.42. The Kier molecular flexibility index (Phi) is 4.69. The van der Waals surface area contributed by atoms with Crippen LogP contribution in [0.5, 0.6) is 0 Å². The normalized spacial score (nSPS) is 10.1. The first kappa shape index (κ1) is 12.4. The largest absolute Gasteiger partial charge is 0.366 e. The Balaban J connectivity index is 3.11. The second-order valence-electron chi connectivity index (χ2n) is 3.40. The number of hydrogen-bond acceptors (Lipinski definition) is 3. The molecular weight excluding hydrogens is 202 g/mol. The minimum Gasteiger partial charge on any atom is -0.366 e. The number of primary amides is 1.